The van der Waals surface area contributed by atoms with Gasteiger partial charge >= 0.3 is 0 Å². The zero-order valence-corrected chi connectivity index (χ0v) is 12.3. The minimum Gasteiger partial charge on any atom is -0.393 e. The Bertz CT molecular complexity index is 381. The molecule has 1 aliphatic heterocycles. The molecule has 19 heavy (non-hydrogen) atoms. The number of aliphatic hydroxyl groups excluding tert-OH is 1. The molecular formula is C14H26N4O. The Hall–Kier alpha value is -0.940. The zero-order chi connectivity index (χ0) is 13.8. The van der Waals surface area contributed by atoms with Crippen molar-refractivity contribution >= 4 is 0 Å². The Morgan fingerprint density at radius 2 is 2.00 bits per heavy atom. The molecule has 1 aliphatic rings. The van der Waals surface area contributed by atoms with Crippen molar-refractivity contribution in [2.24, 2.45) is 11.8 Å². The van der Waals surface area contributed by atoms with Crippen LogP contribution in [0.15, 0.2) is 6.33 Å². The van der Waals surface area contributed by atoms with Gasteiger partial charge in [-0.1, -0.05) is 13.8 Å². The first-order chi connectivity index (χ1) is 9.06. The molecule has 1 aromatic rings. The van der Waals surface area contributed by atoms with Gasteiger partial charge in [-0.2, -0.15) is 5.10 Å². The van der Waals surface area contributed by atoms with Crippen LogP contribution in [0, 0.1) is 11.8 Å². The zero-order valence-electron chi connectivity index (χ0n) is 12.3. The molecule has 1 atom stereocenters. The molecule has 0 bridgehead atoms. The number of rotatable bonds is 5. The predicted octanol–water partition coefficient (Wildman–Crippen LogP) is 1.53. The maximum absolute atomic E-state index is 9.62. The smallest absolute Gasteiger partial charge is 0.141 e. The molecule has 108 valence electrons. The molecule has 0 amide bonds. The van der Waals surface area contributed by atoms with Crippen LogP contribution in [0.3, 0.4) is 0 Å². The van der Waals surface area contributed by atoms with Gasteiger partial charge in [-0.05, 0) is 44.7 Å². The summed E-state index contributed by atoms with van der Waals surface area (Å²) < 4.78 is 2.02. The highest BCUT2D eigenvalue weighted by Gasteiger charge is 2.23. The van der Waals surface area contributed by atoms with Gasteiger partial charge in [0.2, 0.25) is 0 Å². The molecule has 0 aliphatic carbocycles. The fourth-order valence-corrected chi connectivity index (χ4v) is 2.70. The third-order valence-corrected chi connectivity index (χ3v) is 3.91. The van der Waals surface area contributed by atoms with Crippen LogP contribution in [0.2, 0.25) is 0 Å². The first-order valence-electron chi connectivity index (χ1n) is 7.33. The molecule has 2 rings (SSSR count). The molecule has 1 N–H and O–H groups in total. The topological polar surface area (TPSA) is 54.2 Å². The van der Waals surface area contributed by atoms with E-state index in [1.165, 1.54) is 0 Å². The number of likely N-dealkylation sites (tertiary alicyclic amines) is 1. The van der Waals surface area contributed by atoms with Crippen LogP contribution in [0.1, 0.15) is 39.4 Å². The summed E-state index contributed by atoms with van der Waals surface area (Å²) in [5.74, 6) is 2.11. The van der Waals surface area contributed by atoms with Crippen molar-refractivity contribution in [2.45, 2.75) is 52.8 Å². The lowest BCUT2D eigenvalue weighted by Gasteiger charge is -2.32. The molecule has 0 saturated carbocycles. The van der Waals surface area contributed by atoms with Gasteiger partial charge in [-0.15, -0.1) is 0 Å². The van der Waals surface area contributed by atoms with Crippen molar-refractivity contribution in [1.82, 2.24) is 19.7 Å². The van der Waals surface area contributed by atoms with Gasteiger partial charge in [-0.25, -0.2) is 9.67 Å². The summed E-state index contributed by atoms with van der Waals surface area (Å²) in [4.78, 5) is 6.79. The van der Waals surface area contributed by atoms with Crippen LogP contribution < -0.4 is 0 Å². The van der Waals surface area contributed by atoms with Crippen molar-refractivity contribution in [1.29, 1.82) is 0 Å². The Balaban J connectivity index is 1.87. The number of aromatic nitrogens is 3. The van der Waals surface area contributed by atoms with E-state index in [-0.39, 0.29) is 6.10 Å². The molecule has 0 aromatic carbocycles. The summed E-state index contributed by atoms with van der Waals surface area (Å²) in [6.45, 7) is 10.2. The molecule has 0 radical (unpaired) electrons. The summed E-state index contributed by atoms with van der Waals surface area (Å²) in [6, 6.07) is 0. The van der Waals surface area contributed by atoms with E-state index in [9.17, 15) is 5.11 Å². The van der Waals surface area contributed by atoms with Crippen LogP contribution in [0.4, 0.5) is 0 Å². The van der Waals surface area contributed by atoms with Crippen LogP contribution in [-0.2, 0) is 13.1 Å². The number of aliphatic hydroxyl groups is 1. The van der Waals surface area contributed by atoms with E-state index in [4.69, 9.17) is 0 Å². The Labute approximate surface area is 115 Å². The quantitative estimate of drug-likeness (QED) is 0.878. The Kier molecular flexibility index (Phi) is 4.93. The fourth-order valence-electron chi connectivity index (χ4n) is 2.70. The molecule has 1 unspecified atom stereocenters. The molecule has 1 aromatic heterocycles. The number of piperidine rings is 1. The van der Waals surface area contributed by atoms with Crippen LogP contribution in [-0.4, -0.2) is 44.0 Å². The van der Waals surface area contributed by atoms with E-state index in [0.29, 0.717) is 11.8 Å². The third-order valence-electron chi connectivity index (χ3n) is 3.91. The van der Waals surface area contributed by atoms with E-state index in [0.717, 1.165) is 44.8 Å². The summed E-state index contributed by atoms with van der Waals surface area (Å²) in [6.07, 6.45) is 3.64. The number of hydrogen-bond donors (Lipinski definition) is 1. The van der Waals surface area contributed by atoms with E-state index in [1.807, 2.05) is 11.6 Å². The van der Waals surface area contributed by atoms with Crippen molar-refractivity contribution in [3.05, 3.63) is 12.2 Å². The normalized spacial score (nSPS) is 20.1. The third kappa shape index (κ3) is 4.01. The van der Waals surface area contributed by atoms with Gasteiger partial charge < -0.3 is 5.11 Å². The molecule has 5 heteroatoms. The summed E-state index contributed by atoms with van der Waals surface area (Å²) in [5.41, 5.74) is 0. The van der Waals surface area contributed by atoms with E-state index >= 15 is 0 Å². The average Bonchev–Trinajstić information content (AvgIpc) is 2.76. The van der Waals surface area contributed by atoms with Gasteiger partial charge in [0.05, 0.1) is 12.6 Å². The highest BCUT2D eigenvalue weighted by Crippen LogP contribution is 2.21. The molecule has 2 heterocycles. The SMILES string of the molecule is CC(C)Cn1ncnc1CN1CCC(C(C)O)CC1. The lowest BCUT2D eigenvalue weighted by atomic mass is 9.92. The highest BCUT2D eigenvalue weighted by atomic mass is 16.3. The summed E-state index contributed by atoms with van der Waals surface area (Å²) >= 11 is 0. The maximum atomic E-state index is 9.62. The van der Waals surface area contributed by atoms with Crippen LogP contribution in [0.5, 0.6) is 0 Å². The standard InChI is InChI=1S/C14H26N4O/c1-11(2)8-18-14(15-10-16-18)9-17-6-4-13(5-7-17)12(3)19/h10-13,19H,4-9H2,1-3H3. The Morgan fingerprint density at radius 3 is 2.58 bits per heavy atom. The average molecular weight is 266 g/mol. The van der Waals surface area contributed by atoms with Gasteiger partial charge in [0.15, 0.2) is 0 Å². The van der Waals surface area contributed by atoms with Crippen molar-refractivity contribution < 1.29 is 5.11 Å². The van der Waals surface area contributed by atoms with E-state index < -0.39 is 0 Å². The van der Waals surface area contributed by atoms with Crippen LogP contribution >= 0.6 is 0 Å². The minimum absolute atomic E-state index is 0.174. The molecule has 1 fully saturated rings. The monoisotopic (exact) mass is 266 g/mol. The minimum atomic E-state index is -0.174. The molecule has 0 spiro atoms. The highest BCUT2D eigenvalue weighted by molar-refractivity contribution is 4.87. The Morgan fingerprint density at radius 1 is 1.32 bits per heavy atom. The second-order valence-electron chi connectivity index (χ2n) is 6.11. The molecule has 5 nitrogen and oxygen atoms in total. The lowest BCUT2D eigenvalue weighted by molar-refractivity contribution is 0.0681. The van der Waals surface area contributed by atoms with Crippen molar-refractivity contribution in [3.63, 3.8) is 0 Å². The summed E-state index contributed by atoms with van der Waals surface area (Å²) in [5, 5.41) is 13.9. The van der Waals surface area contributed by atoms with Gasteiger partial charge in [-0.3, -0.25) is 4.90 Å². The lowest BCUT2D eigenvalue weighted by Crippen LogP contribution is -2.37. The second kappa shape index (κ2) is 6.48. The van der Waals surface area contributed by atoms with E-state index in [2.05, 4.69) is 28.8 Å². The predicted molar refractivity (Wildman–Crippen MR) is 74.5 cm³/mol. The number of hydrogen-bond acceptors (Lipinski definition) is 4. The van der Waals surface area contributed by atoms with E-state index in [1.54, 1.807) is 6.33 Å². The first-order valence-corrected chi connectivity index (χ1v) is 7.33. The largest absolute Gasteiger partial charge is 0.393 e. The first kappa shape index (κ1) is 14.5. The van der Waals surface area contributed by atoms with Crippen molar-refractivity contribution in [2.75, 3.05) is 13.1 Å². The maximum Gasteiger partial charge on any atom is 0.141 e. The fraction of sp³-hybridized carbons (Fsp3) is 0.857. The number of nitrogens with zero attached hydrogens (tertiary/aromatic N) is 4. The summed E-state index contributed by atoms with van der Waals surface area (Å²) in [7, 11) is 0. The van der Waals surface area contributed by atoms with Gasteiger partial charge in [0.1, 0.15) is 12.2 Å². The van der Waals surface area contributed by atoms with Gasteiger partial charge in [0.25, 0.3) is 0 Å². The second-order valence-corrected chi connectivity index (χ2v) is 6.11. The molecule has 1 saturated heterocycles. The van der Waals surface area contributed by atoms with Crippen molar-refractivity contribution in [3.8, 4) is 0 Å². The molecular weight excluding hydrogens is 240 g/mol. The van der Waals surface area contributed by atoms with Crippen LogP contribution in [0.25, 0.3) is 0 Å². The van der Waals surface area contributed by atoms with Gasteiger partial charge in [0, 0.05) is 6.54 Å².